The van der Waals surface area contributed by atoms with Crippen LogP contribution in [0.3, 0.4) is 0 Å². The summed E-state index contributed by atoms with van der Waals surface area (Å²) < 4.78 is 25.4. The molecule has 0 aliphatic heterocycles. The summed E-state index contributed by atoms with van der Waals surface area (Å²) in [5.41, 5.74) is 1.22. The number of nitrogens with zero attached hydrogens (tertiary/aromatic N) is 4. The Morgan fingerprint density at radius 3 is 2.49 bits per heavy atom. The van der Waals surface area contributed by atoms with Crippen LogP contribution in [0.2, 0.25) is 10.0 Å². The van der Waals surface area contributed by atoms with Crippen LogP contribution in [0.5, 0.6) is 0 Å². The first-order chi connectivity index (χ1) is 16.5. The number of hydrogen-bond donors (Lipinski definition) is 3. The highest BCUT2D eigenvalue weighted by atomic mass is 35.5. The number of aromatic nitrogens is 3. The SMILES string of the molecule is CC(C)S(=O)(=O)c1ncccc1Nc1nc(Nc2cc(NC(=O)CN(C)C)ccc2Cl)ncc1Cl. The molecule has 2 heterocycles. The van der Waals surface area contributed by atoms with Crippen LogP contribution in [-0.4, -0.2) is 60.1 Å². The Kier molecular flexibility index (Phi) is 8.49. The molecular weight excluding hydrogens is 513 g/mol. The van der Waals surface area contributed by atoms with Gasteiger partial charge in [-0.1, -0.05) is 23.2 Å². The molecule has 0 bridgehead atoms. The number of benzene rings is 1. The minimum Gasteiger partial charge on any atom is -0.336 e. The fraction of sp³-hybridized carbons (Fsp3) is 0.273. The van der Waals surface area contributed by atoms with Crippen LogP contribution in [0.15, 0.2) is 47.8 Å². The van der Waals surface area contributed by atoms with Gasteiger partial charge in [-0.25, -0.2) is 18.4 Å². The third kappa shape index (κ3) is 6.79. The Bertz CT molecular complexity index is 1330. The lowest BCUT2D eigenvalue weighted by molar-refractivity contribution is -0.116. The summed E-state index contributed by atoms with van der Waals surface area (Å²) in [5.74, 6) is 0.137. The first-order valence-electron chi connectivity index (χ1n) is 10.5. The number of rotatable bonds is 9. The molecule has 2 aromatic heterocycles. The standard InChI is InChI=1S/C22H25Cl2N7O3S/c1-13(2)35(33,34)21-17(6-5-9-25-21)28-20-16(24)11-26-22(30-20)29-18-10-14(7-8-15(18)23)27-19(32)12-31(3)4/h5-11,13H,12H2,1-4H3,(H,27,32)(H2,26,28,29,30). The monoisotopic (exact) mass is 537 g/mol. The van der Waals surface area contributed by atoms with Crippen LogP contribution in [0.25, 0.3) is 0 Å². The summed E-state index contributed by atoms with van der Waals surface area (Å²) in [6, 6.07) is 8.13. The van der Waals surface area contributed by atoms with Gasteiger partial charge in [0.25, 0.3) is 0 Å². The molecule has 1 aromatic carbocycles. The highest BCUT2D eigenvalue weighted by Gasteiger charge is 2.25. The zero-order valence-corrected chi connectivity index (χ0v) is 21.8. The average molecular weight is 538 g/mol. The summed E-state index contributed by atoms with van der Waals surface area (Å²) in [7, 11) is -0.0654. The minimum absolute atomic E-state index is 0.108. The Morgan fingerprint density at radius 2 is 1.80 bits per heavy atom. The van der Waals surface area contributed by atoms with Gasteiger partial charge in [0.1, 0.15) is 5.02 Å². The number of pyridine rings is 1. The van der Waals surface area contributed by atoms with Crippen LogP contribution >= 0.6 is 23.2 Å². The lowest BCUT2D eigenvalue weighted by Crippen LogP contribution is -2.27. The van der Waals surface area contributed by atoms with Crippen molar-refractivity contribution >= 4 is 67.8 Å². The van der Waals surface area contributed by atoms with Crippen molar-refractivity contribution in [2.24, 2.45) is 0 Å². The summed E-state index contributed by atoms with van der Waals surface area (Å²) >= 11 is 12.6. The zero-order valence-electron chi connectivity index (χ0n) is 19.5. The maximum atomic E-state index is 12.7. The van der Waals surface area contributed by atoms with Gasteiger partial charge >= 0.3 is 0 Å². The number of sulfone groups is 1. The number of halogens is 2. The van der Waals surface area contributed by atoms with Crippen LogP contribution in [0, 0.1) is 0 Å². The van der Waals surface area contributed by atoms with Gasteiger partial charge in [-0.05, 0) is 58.3 Å². The maximum Gasteiger partial charge on any atom is 0.238 e. The third-order valence-corrected chi connectivity index (χ3v) is 7.33. The molecule has 3 aromatic rings. The van der Waals surface area contributed by atoms with Crippen LogP contribution in [0.1, 0.15) is 13.8 Å². The van der Waals surface area contributed by atoms with Crippen molar-refractivity contribution in [1.29, 1.82) is 0 Å². The molecule has 0 aliphatic rings. The molecule has 0 aliphatic carbocycles. The first-order valence-corrected chi connectivity index (χ1v) is 12.8. The molecule has 0 saturated carbocycles. The van der Waals surface area contributed by atoms with Crippen LogP contribution < -0.4 is 16.0 Å². The normalized spacial score (nSPS) is 11.5. The highest BCUT2D eigenvalue weighted by Crippen LogP contribution is 2.31. The molecule has 0 spiro atoms. The smallest absolute Gasteiger partial charge is 0.238 e. The van der Waals surface area contributed by atoms with Gasteiger partial charge in [0.2, 0.25) is 11.9 Å². The molecule has 0 radical (unpaired) electrons. The van der Waals surface area contributed by atoms with E-state index in [0.29, 0.717) is 16.4 Å². The third-order valence-electron chi connectivity index (χ3n) is 4.61. The average Bonchev–Trinajstić information content (AvgIpc) is 2.78. The van der Waals surface area contributed by atoms with Crippen molar-refractivity contribution in [3.8, 4) is 0 Å². The number of nitrogens with one attached hydrogen (secondary N) is 3. The largest absolute Gasteiger partial charge is 0.336 e. The maximum absolute atomic E-state index is 12.7. The van der Waals surface area contributed by atoms with Crippen molar-refractivity contribution in [3.05, 3.63) is 52.8 Å². The number of carbonyl (C=O) groups excluding carboxylic acids is 1. The minimum atomic E-state index is -3.66. The van der Waals surface area contributed by atoms with Crippen molar-refractivity contribution < 1.29 is 13.2 Å². The molecule has 0 fully saturated rings. The van der Waals surface area contributed by atoms with E-state index in [1.165, 1.54) is 12.4 Å². The predicted molar refractivity (Wildman–Crippen MR) is 139 cm³/mol. The van der Waals surface area contributed by atoms with Crippen LogP contribution in [0.4, 0.5) is 28.8 Å². The van der Waals surface area contributed by atoms with E-state index in [1.54, 1.807) is 63.2 Å². The van der Waals surface area contributed by atoms with Crippen LogP contribution in [-0.2, 0) is 14.6 Å². The van der Waals surface area contributed by atoms with Gasteiger partial charge < -0.3 is 20.9 Å². The molecule has 35 heavy (non-hydrogen) atoms. The van der Waals surface area contributed by atoms with Crippen molar-refractivity contribution in [3.63, 3.8) is 0 Å². The van der Waals surface area contributed by atoms with E-state index in [-0.39, 0.29) is 40.0 Å². The van der Waals surface area contributed by atoms with E-state index in [1.807, 2.05) is 0 Å². The number of amides is 1. The van der Waals surface area contributed by atoms with Gasteiger partial charge in [0, 0.05) is 11.9 Å². The van der Waals surface area contributed by atoms with E-state index in [2.05, 4.69) is 30.9 Å². The summed E-state index contributed by atoms with van der Waals surface area (Å²) in [5, 5.41) is 8.50. The molecule has 0 atom stereocenters. The summed E-state index contributed by atoms with van der Waals surface area (Å²) in [4.78, 5) is 26.4. The lowest BCUT2D eigenvalue weighted by atomic mass is 10.2. The molecule has 0 unspecified atom stereocenters. The van der Waals surface area contributed by atoms with E-state index < -0.39 is 15.1 Å². The molecule has 0 saturated heterocycles. The zero-order chi connectivity index (χ0) is 25.8. The molecule has 13 heteroatoms. The molecule has 3 N–H and O–H groups in total. The topological polar surface area (TPSA) is 129 Å². The number of anilines is 5. The summed E-state index contributed by atoms with van der Waals surface area (Å²) in [6.07, 6.45) is 2.77. The fourth-order valence-corrected chi connectivity index (χ4v) is 4.27. The second-order valence-corrected chi connectivity index (χ2v) is 11.3. The van der Waals surface area contributed by atoms with E-state index >= 15 is 0 Å². The first kappa shape index (κ1) is 26.6. The Morgan fingerprint density at radius 1 is 1.06 bits per heavy atom. The molecule has 186 valence electrons. The highest BCUT2D eigenvalue weighted by molar-refractivity contribution is 7.92. The van der Waals surface area contributed by atoms with Gasteiger partial charge in [-0.3, -0.25) is 4.79 Å². The summed E-state index contributed by atoms with van der Waals surface area (Å²) in [6.45, 7) is 3.38. The van der Waals surface area contributed by atoms with Gasteiger partial charge in [-0.15, -0.1) is 0 Å². The van der Waals surface area contributed by atoms with Crippen molar-refractivity contribution in [2.45, 2.75) is 24.1 Å². The second kappa shape index (κ2) is 11.2. The molecule has 1 amide bonds. The number of carbonyl (C=O) groups is 1. The Labute approximate surface area is 214 Å². The Balaban J connectivity index is 1.87. The van der Waals surface area contributed by atoms with Gasteiger partial charge in [0.05, 0.1) is 34.4 Å². The number of hydrogen-bond acceptors (Lipinski definition) is 9. The quantitative estimate of drug-likeness (QED) is 0.364. The molecular formula is C22H25Cl2N7O3S. The molecule has 3 rings (SSSR count). The Hall–Kier alpha value is -2.99. The van der Waals surface area contributed by atoms with Gasteiger partial charge in [-0.2, -0.15) is 4.98 Å². The lowest BCUT2D eigenvalue weighted by Gasteiger charge is -2.15. The number of likely N-dealkylation sites (N-methyl/N-ethyl adjacent to an activating group) is 1. The van der Waals surface area contributed by atoms with E-state index in [0.717, 1.165) is 0 Å². The van der Waals surface area contributed by atoms with Crippen molar-refractivity contribution in [1.82, 2.24) is 19.9 Å². The van der Waals surface area contributed by atoms with E-state index in [9.17, 15) is 13.2 Å². The second-order valence-electron chi connectivity index (χ2n) is 8.07. The molecule has 10 nitrogen and oxygen atoms in total. The predicted octanol–water partition coefficient (Wildman–Crippen LogP) is 4.35. The van der Waals surface area contributed by atoms with Gasteiger partial charge in [0.15, 0.2) is 20.7 Å². The van der Waals surface area contributed by atoms with Crippen molar-refractivity contribution in [2.75, 3.05) is 36.6 Å². The fourth-order valence-electron chi connectivity index (χ4n) is 2.89. The van der Waals surface area contributed by atoms with E-state index in [4.69, 9.17) is 23.2 Å².